The van der Waals surface area contributed by atoms with Crippen molar-refractivity contribution in [1.82, 2.24) is 0 Å². The molecule has 120 valence electrons. The van der Waals surface area contributed by atoms with Crippen molar-refractivity contribution in [3.05, 3.63) is 90.5 Å². The van der Waals surface area contributed by atoms with E-state index in [1.165, 1.54) is 5.56 Å². The van der Waals surface area contributed by atoms with E-state index < -0.39 is 0 Å². The fraction of sp³-hybridized carbons (Fsp3) is 0.0909. The van der Waals surface area contributed by atoms with Gasteiger partial charge in [-0.2, -0.15) is 0 Å². The van der Waals surface area contributed by atoms with Crippen molar-refractivity contribution in [2.75, 3.05) is 12.0 Å². The first-order chi connectivity index (χ1) is 11.7. The summed E-state index contributed by atoms with van der Waals surface area (Å²) in [4.78, 5) is 2.23. The standard InChI is InChI=1S/C22H21NO/c1-4-18-7-11-20(12-8-18)23(19-9-5-17(2)6-10-19)21-13-15-22(24-3)16-14-21/h4-16H,1H2,2-3H3. The van der Waals surface area contributed by atoms with Crippen LogP contribution in [-0.4, -0.2) is 7.11 Å². The van der Waals surface area contributed by atoms with Crippen molar-refractivity contribution >= 4 is 23.1 Å². The van der Waals surface area contributed by atoms with E-state index >= 15 is 0 Å². The van der Waals surface area contributed by atoms with Crippen LogP contribution in [0.25, 0.3) is 6.08 Å². The predicted octanol–water partition coefficient (Wildman–Crippen LogP) is 6.12. The summed E-state index contributed by atoms with van der Waals surface area (Å²) in [6, 6.07) is 25.0. The second-order valence-corrected chi connectivity index (χ2v) is 5.66. The van der Waals surface area contributed by atoms with Crippen LogP contribution in [0.4, 0.5) is 17.1 Å². The highest BCUT2D eigenvalue weighted by Crippen LogP contribution is 2.35. The zero-order valence-corrected chi connectivity index (χ0v) is 14.1. The molecule has 0 N–H and O–H groups in total. The molecular weight excluding hydrogens is 294 g/mol. The van der Waals surface area contributed by atoms with Gasteiger partial charge in [0, 0.05) is 17.1 Å². The molecule has 0 atom stereocenters. The molecule has 0 radical (unpaired) electrons. The topological polar surface area (TPSA) is 12.5 Å². The van der Waals surface area contributed by atoms with E-state index in [4.69, 9.17) is 4.74 Å². The van der Waals surface area contributed by atoms with Crippen LogP contribution >= 0.6 is 0 Å². The zero-order valence-electron chi connectivity index (χ0n) is 14.1. The summed E-state index contributed by atoms with van der Waals surface area (Å²) in [5.41, 5.74) is 5.67. The smallest absolute Gasteiger partial charge is 0.119 e. The Kier molecular flexibility index (Phi) is 4.66. The highest BCUT2D eigenvalue weighted by Gasteiger charge is 2.12. The number of hydrogen-bond donors (Lipinski definition) is 0. The first kappa shape index (κ1) is 15.9. The molecule has 0 aliphatic heterocycles. The quantitative estimate of drug-likeness (QED) is 0.562. The van der Waals surface area contributed by atoms with Crippen LogP contribution < -0.4 is 9.64 Å². The Morgan fingerprint density at radius 3 is 1.67 bits per heavy atom. The lowest BCUT2D eigenvalue weighted by molar-refractivity contribution is 0.415. The summed E-state index contributed by atoms with van der Waals surface area (Å²) in [6.07, 6.45) is 1.85. The molecule has 0 aliphatic rings. The van der Waals surface area contributed by atoms with Crippen molar-refractivity contribution in [2.24, 2.45) is 0 Å². The van der Waals surface area contributed by atoms with Crippen LogP contribution in [0.2, 0.25) is 0 Å². The molecule has 0 fully saturated rings. The van der Waals surface area contributed by atoms with Gasteiger partial charge in [0.15, 0.2) is 0 Å². The Balaban J connectivity index is 2.07. The summed E-state index contributed by atoms with van der Waals surface area (Å²) in [5, 5.41) is 0. The van der Waals surface area contributed by atoms with Gasteiger partial charge in [0.2, 0.25) is 0 Å². The highest BCUT2D eigenvalue weighted by molar-refractivity contribution is 5.77. The van der Waals surface area contributed by atoms with Crippen LogP contribution in [0.5, 0.6) is 5.75 Å². The summed E-state index contributed by atoms with van der Waals surface area (Å²) in [7, 11) is 1.68. The summed E-state index contributed by atoms with van der Waals surface area (Å²) >= 11 is 0. The number of benzene rings is 3. The van der Waals surface area contributed by atoms with Crippen LogP contribution in [0, 0.1) is 6.92 Å². The summed E-state index contributed by atoms with van der Waals surface area (Å²) < 4.78 is 5.28. The number of methoxy groups -OCH3 is 1. The van der Waals surface area contributed by atoms with Gasteiger partial charge in [-0.15, -0.1) is 0 Å². The molecule has 0 bridgehead atoms. The fourth-order valence-corrected chi connectivity index (χ4v) is 2.63. The molecule has 0 aromatic heterocycles. The minimum absolute atomic E-state index is 0.851. The normalized spacial score (nSPS) is 10.2. The number of rotatable bonds is 5. The molecular formula is C22H21NO. The SMILES string of the molecule is C=Cc1ccc(N(c2ccc(C)cc2)c2ccc(OC)cc2)cc1. The summed E-state index contributed by atoms with van der Waals surface area (Å²) in [6.45, 7) is 5.92. The fourth-order valence-electron chi connectivity index (χ4n) is 2.63. The van der Waals surface area contributed by atoms with Gasteiger partial charge >= 0.3 is 0 Å². The average Bonchev–Trinajstić information content (AvgIpc) is 2.64. The molecule has 2 nitrogen and oxygen atoms in total. The third kappa shape index (κ3) is 3.33. The largest absolute Gasteiger partial charge is 0.497 e. The van der Waals surface area contributed by atoms with Gasteiger partial charge in [0.25, 0.3) is 0 Å². The van der Waals surface area contributed by atoms with Crippen LogP contribution in [0.3, 0.4) is 0 Å². The lowest BCUT2D eigenvalue weighted by atomic mass is 10.1. The molecule has 0 heterocycles. The Morgan fingerprint density at radius 1 is 0.750 bits per heavy atom. The van der Waals surface area contributed by atoms with Crippen LogP contribution in [-0.2, 0) is 0 Å². The number of ether oxygens (including phenoxy) is 1. The minimum atomic E-state index is 0.851. The molecule has 0 saturated heterocycles. The van der Waals surface area contributed by atoms with Gasteiger partial charge in [-0.1, -0.05) is 42.5 Å². The third-order valence-electron chi connectivity index (χ3n) is 4.01. The molecule has 3 aromatic carbocycles. The molecule has 0 aliphatic carbocycles. The zero-order chi connectivity index (χ0) is 16.9. The second-order valence-electron chi connectivity index (χ2n) is 5.66. The maximum atomic E-state index is 5.28. The molecule has 0 spiro atoms. The van der Waals surface area contributed by atoms with E-state index in [9.17, 15) is 0 Å². The van der Waals surface area contributed by atoms with Gasteiger partial charge in [-0.3, -0.25) is 0 Å². The Hall–Kier alpha value is -3.00. The number of aryl methyl sites for hydroxylation is 1. The van der Waals surface area contributed by atoms with Gasteiger partial charge in [-0.25, -0.2) is 0 Å². The van der Waals surface area contributed by atoms with Crippen molar-refractivity contribution in [3.8, 4) is 5.75 Å². The van der Waals surface area contributed by atoms with Crippen LogP contribution in [0.15, 0.2) is 79.4 Å². The predicted molar refractivity (Wildman–Crippen MR) is 103 cm³/mol. The second kappa shape index (κ2) is 7.05. The first-order valence-electron chi connectivity index (χ1n) is 7.94. The highest BCUT2D eigenvalue weighted by atomic mass is 16.5. The molecule has 24 heavy (non-hydrogen) atoms. The number of nitrogens with zero attached hydrogens (tertiary/aromatic N) is 1. The lowest BCUT2D eigenvalue weighted by Crippen LogP contribution is -2.09. The Morgan fingerprint density at radius 2 is 1.21 bits per heavy atom. The molecule has 0 saturated carbocycles. The molecule has 2 heteroatoms. The van der Waals surface area contributed by atoms with Crippen molar-refractivity contribution < 1.29 is 4.74 Å². The Bertz CT molecular complexity index is 802. The molecule has 0 unspecified atom stereocenters. The lowest BCUT2D eigenvalue weighted by Gasteiger charge is -2.25. The monoisotopic (exact) mass is 315 g/mol. The van der Waals surface area contributed by atoms with Crippen molar-refractivity contribution in [2.45, 2.75) is 6.92 Å². The average molecular weight is 315 g/mol. The summed E-state index contributed by atoms with van der Waals surface area (Å²) in [5.74, 6) is 0.851. The van der Waals surface area contributed by atoms with Gasteiger partial charge in [-0.05, 0) is 61.0 Å². The van der Waals surface area contributed by atoms with Gasteiger partial charge in [0.05, 0.1) is 7.11 Å². The first-order valence-corrected chi connectivity index (χ1v) is 7.94. The number of hydrogen-bond acceptors (Lipinski definition) is 2. The molecule has 3 aromatic rings. The molecule has 0 amide bonds. The van der Waals surface area contributed by atoms with E-state index in [-0.39, 0.29) is 0 Å². The maximum Gasteiger partial charge on any atom is 0.119 e. The third-order valence-corrected chi connectivity index (χ3v) is 4.01. The van der Waals surface area contributed by atoms with E-state index in [2.05, 4.69) is 79.1 Å². The van der Waals surface area contributed by atoms with E-state index in [1.807, 2.05) is 18.2 Å². The van der Waals surface area contributed by atoms with Gasteiger partial charge in [0.1, 0.15) is 5.75 Å². The maximum absolute atomic E-state index is 5.28. The minimum Gasteiger partial charge on any atom is -0.497 e. The van der Waals surface area contributed by atoms with Crippen molar-refractivity contribution in [3.63, 3.8) is 0 Å². The van der Waals surface area contributed by atoms with Crippen molar-refractivity contribution in [1.29, 1.82) is 0 Å². The van der Waals surface area contributed by atoms with E-state index in [0.717, 1.165) is 28.4 Å². The van der Waals surface area contributed by atoms with E-state index in [0.29, 0.717) is 0 Å². The number of anilines is 3. The van der Waals surface area contributed by atoms with E-state index in [1.54, 1.807) is 7.11 Å². The van der Waals surface area contributed by atoms with Gasteiger partial charge < -0.3 is 9.64 Å². The van der Waals surface area contributed by atoms with Crippen LogP contribution in [0.1, 0.15) is 11.1 Å². The molecule has 3 rings (SSSR count). The Labute approximate surface area is 143 Å².